The Labute approximate surface area is 112 Å². The maximum atomic E-state index is 11.5. The summed E-state index contributed by atoms with van der Waals surface area (Å²) >= 11 is 0. The first-order valence-electron chi connectivity index (χ1n) is 5.68. The molecule has 1 aromatic heterocycles. The van der Waals surface area contributed by atoms with E-state index >= 15 is 0 Å². The van der Waals surface area contributed by atoms with Crippen molar-refractivity contribution in [3.8, 4) is 0 Å². The van der Waals surface area contributed by atoms with E-state index in [1.54, 1.807) is 20.8 Å². The third-order valence-electron chi connectivity index (χ3n) is 1.92. The molecule has 1 rings (SSSR count). The predicted octanol–water partition coefficient (Wildman–Crippen LogP) is 0.549. The summed E-state index contributed by atoms with van der Waals surface area (Å²) in [6.45, 7) is 5.35. The molecule has 0 amide bonds. The predicted molar refractivity (Wildman–Crippen MR) is 67.1 cm³/mol. The van der Waals surface area contributed by atoms with E-state index in [4.69, 9.17) is 4.74 Å². The largest absolute Gasteiger partial charge is 0.460 e. The highest BCUT2D eigenvalue weighted by Crippen LogP contribution is 2.09. The van der Waals surface area contributed by atoms with E-state index in [1.807, 2.05) is 0 Å². The number of carbonyl (C=O) groups is 1. The van der Waals surface area contributed by atoms with Gasteiger partial charge in [-0.05, 0) is 20.8 Å². The summed E-state index contributed by atoms with van der Waals surface area (Å²) in [6, 6.07) is 0. The Morgan fingerprint density at radius 3 is 2.37 bits per heavy atom. The minimum absolute atomic E-state index is 0.145. The number of hydrogen-bond donors (Lipinski definition) is 0. The van der Waals surface area contributed by atoms with Crippen molar-refractivity contribution >= 4 is 15.8 Å². The molecule has 0 aliphatic carbocycles. The second-order valence-corrected chi connectivity index (χ2v) is 7.00. The van der Waals surface area contributed by atoms with Crippen LogP contribution in [0.25, 0.3) is 0 Å². The average Bonchev–Trinajstić information content (AvgIpc) is 2.23. The third kappa shape index (κ3) is 5.73. The van der Waals surface area contributed by atoms with Gasteiger partial charge < -0.3 is 4.74 Å². The summed E-state index contributed by atoms with van der Waals surface area (Å²) in [7, 11) is -3.45. The Hall–Kier alpha value is -1.57. The van der Waals surface area contributed by atoms with Crippen LogP contribution in [0.2, 0.25) is 0 Å². The smallest absolute Gasteiger partial charge is 0.306 e. The molecule has 0 atom stereocenters. The van der Waals surface area contributed by atoms with Crippen LogP contribution in [0.4, 0.5) is 0 Å². The van der Waals surface area contributed by atoms with Gasteiger partial charge in [0.05, 0.1) is 18.3 Å². The van der Waals surface area contributed by atoms with E-state index in [0.717, 1.165) is 6.26 Å². The Morgan fingerprint density at radius 1 is 1.32 bits per heavy atom. The van der Waals surface area contributed by atoms with Crippen LogP contribution in [0.3, 0.4) is 0 Å². The molecule has 0 aliphatic rings. The van der Waals surface area contributed by atoms with Crippen molar-refractivity contribution in [3.05, 3.63) is 11.9 Å². The van der Waals surface area contributed by atoms with Gasteiger partial charge in [-0.1, -0.05) is 0 Å². The van der Waals surface area contributed by atoms with Gasteiger partial charge in [-0.15, -0.1) is 5.10 Å². The van der Waals surface area contributed by atoms with E-state index in [1.165, 1.54) is 6.20 Å². The molecule has 106 valence electrons. The lowest BCUT2D eigenvalue weighted by Gasteiger charge is -2.19. The van der Waals surface area contributed by atoms with E-state index in [9.17, 15) is 13.2 Å². The zero-order valence-corrected chi connectivity index (χ0v) is 12.2. The number of nitrogens with zero attached hydrogens (tertiary/aromatic N) is 3. The lowest BCUT2D eigenvalue weighted by Crippen LogP contribution is -2.24. The molecule has 1 heterocycles. The van der Waals surface area contributed by atoms with Crippen molar-refractivity contribution in [2.45, 2.75) is 44.4 Å². The van der Waals surface area contributed by atoms with Crippen LogP contribution in [-0.4, -0.2) is 41.4 Å². The fourth-order valence-corrected chi connectivity index (χ4v) is 1.63. The van der Waals surface area contributed by atoms with Crippen molar-refractivity contribution in [2.24, 2.45) is 0 Å². The molecular formula is C11H17N3O4S. The van der Waals surface area contributed by atoms with Gasteiger partial charge in [0, 0.05) is 12.7 Å². The molecule has 0 aromatic carbocycles. The molecule has 1 aromatic rings. The minimum Gasteiger partial charge on any atom is -0.460 e. The van der Waals surface area contributed by atoms with E-state index < -0.39 is 15.4 Å². The van der Waals surface area contributed by atoms with Crippen LogP contribution in [0, 0.1) is 0 Å². The number of carbonyl (C=O) groups excluding carboxylic acids is 1. The lowest BCUT2D eigenvalue weighted by molar-refractivity contribution is -0.154. The number of sulfone groups is 1. The SMILES string of the molecule is CC(C)(C)OC(=O)CCc1cnc(S(C)(=O)=O)nn1. The van der Waals surface area contributed by atoms with Gasteiger partial charge in [0.2, 0.25) is 9.84 Å². The first-order valence-corrected chi connectivity index (χ1v) is 7.57. The van der Waals surface area contributed by atoms with Crippen molar-refractivity contribution < 1.29 is 17.9 Å². The first-order chi connectivity index (χ1) is 8.58. The number of hydrogen-bond acceptors (Lipinski definition) is 7. The number of aromatic nitrogens is 3. The van der Waals surface area contributed by atoms with Crippen molar-refractivity contribution in [1.82, 2.24) is 15.2 Å². The van der Waals surface area contributed by atoms with Gasteiger partial charge in [-0.25, -0.2) is 13.4 Å². The van der Waals surface area contributed by atoms with Crippen LogP contribution in [-0.2, 0) is 25.8 Å². The number of esters is 1. The monoisotopic (exact) mass is 287 g/mol. The van der Waals surface area contributed by atoms with Crippen LogP contribution < -0.4 is 0 Å². The third-order valence-corrected chi connectivity index (χ3v) is 2.78. The Balaban J connectivity index is 2.58. The fourth-order valence-electron chi connectivity index (χ4n) is 1.20. The quantitative estimate of drug-likeness (QED) is 0.745. The maximum absolute atomic E-state index is 11.5. The van der Waals surface area contributed by atoms with Crippen molar-refractivity contribution in [2.75, 3.05) is 6.26 Å². The molecule has 0 saturated heterocycles. The summed E-state index contributed by atoms with van der Waals surface area (Å²) in [5, 5.41) is 6.89. The van der Waals surface area contributed by atoms with Crippen LogP contribution in [0.1, 0.15) is 32.9 Å². The molecule has 0 unspecified atom stereocenters. The number of rotatable bonds is 4. The second kappa shape index (κ2) is 5.60. The van der Waals surface area contributed by atoms with Crippen molar-refractivity contribution in [3.63, 3.8) is 0 Å². The average molecular weight is 287 g/mol. The fraction of sp³-hybridized carbons (Fsp3) is 0.636. The minimum atomic E-state index is -3.45. The molecule has 7 nitrogen and oxygen atoms in total. The molecule has 0 radical (unpaired) electrons. The maximum Gasteiger partial charge on any atom is 0.306 e. The standard InChI is InChI=1S/C11H17N3O4S/c1-11(2,3)18-9(15)6-5-8-7-12-10(14-13-8)19(4,16)17/h7H,5-6H2,1-4H3. The highest BCUT2D eigenvalue weighted by Gasteiger charge is 2.17. The molecular weight excluding hydrogens is 270 g/mol. The molecule has 0 spiro atoms. The van der Waals surface area contributed by atoms with Crippen molar-refractivity contribution in [1.29, 1.82) is 0 Å². The molecule has 0 aliphatic heterocycles. The molecule has 0 saturated carbocycles. The van der Waals surface area contributed by atoms with Gasteiger partial charge in [-0.3, -0.25) is 4.79 Å². The van der Waals surface area contributed by atoms with Gasteiger partial charge in [0.1, 0.15) is 5.60 Å². The molecule has 19 heavy (non-hydrogen) atoms. The summed E-state index contributed by atoms with van der Waals surface area (Å²) in [5.74, 6) is -0.346. The summed E-state index contributed by atoms with van der Waals surface area (Å²) in [6.07, 6.45) is 2.75. The lowest BCUT2D eigenvalue weighted by atomic mass is 10.2. The van der Waals surface area contributed by atoms with Gasteiger partial charge in [-0.2, -0.15) is 5.10 Å². The van der Waals surface area contributed by atoms with Gasteiger partial charge >= 0.3 is 5.97 Å². The summed E-state index contributed by atoms with van der Waals surface area (Å²) < 4.78 is 27.4. The van der Waals surface area contributed by atoms with Crippen LogP contribution >= 0.6 is 0 Å². The first kappa shape index (κ1) is 15.5. The Morgan fingerprint density at radius 2 is 1.95 bits per heavy atom. The van der Waals surface area contributed by atoms with E-state index in [2.05, 4.69) is 15.2 Å². The summed E-state index contributed by atoms with van der Waals surface area (Å²) in [4.78, 5) is 15.2. The summed E-state index contributed by atoms with van der Waals surface area (Å²) in [5.41, 5.74) is -0.0838. The number of aryl methyl sites for hydroxylation is 1. The van der Waals surface area contributed by atoms with E-state index in [-0.39, 0.29) is 17.5 Å². The van der Waals surface area contributed by atoms with E-state index in [0.29, 0.717) is 12.1 Å². The Kier molecular flexibility index (Phi) is 4.56. The molecule has 0 fully saturated rings. The zero-order valence-electron chi connectivity index (χ0n) is 11.4. The highest BCUT2D eigenvalue weighted by molar-refractivity contribution is 7.90. The normalized spacial score (nSPS) is 12.2. The van der Waals surface area contributed by atoms with Gasteiger partial charge in [0.25, 0.3) is 5.16 Å². The van der Waals surface area contributed by atoms with Crippen LogP contribution in [0.15, 0.2) is 11.4 Å². The number of ether oxygens (including phenoxy) is 1. The van der Waals surface area contributed by atoms with Crippen LogP contribution in [0.5, 0.6) is 0 Å². The Bertz CT molecular complexity index is 546. The molecule has 0 bridgehead atoms. The molecule has 8 heteroatoms. The second-order valence-electron chi connectivity index (χ2n) is 5.09. The topological polar surface area (TPSA) is 99.1 Å². The highest BCUT2D eigenvalue weighted by atomic mass is 32.2. The van der Waals surface area contributed by atoms with Gasteiger partial charge in [0.15, 0.2) is 0 Å². The molecule has 0 N–H and O–H groups in total. The zero-order chi connectivity index (χ0) is 14.7.